The van der Waals surface area contributed by atoms with E-state index in [2.05, 4.69) is 34.1 Å². The second-order valence-corrected chi connectivity index (χ2v) is 5.42. The summed E-state index contributed by atoms with van der Waals surface area (Å²) in [6.07, 6.45) is 1.74. The minimum absolute atomic E-state index is 0.126. The monoisotopic (exact) mass is 282 g/mol. The molecule has 2 heterocycles. The number of imidazole rings is 1. The van der Waals surface area contributed by atoms with Gasteiger partial charge in [-0.25, -0.2) is 4.98 Å². The van der Waals surface area contributed by atoms with Crippen molar-refractivity contribution in [3.63, 3.8) is 0 Å². The van der Waals surface area contributed by atoms with Gasteiger partial charge in [0.25, 0.3) is 5.91 Å². The summed E-state index contributed by atoms with van der Waals surface area (Å²) < 4.78 is 0. The number of hydrogen-bond donors (Lipinski definition) is 3. The first-order valence-electron chi connectivity index (χ1n) is 7.04. The number of para-hydroxylation sites is 2. The SMILES string of the molecule is CC(C)C(NC(=O)c1ccc[nH]1)c1nc2ccccc2[nH]1. The Balaban J connectivity index is 1.89. The van der Waals surface area contributed by atoms with Gasteiger partial charge in [0.1, 0.15) is 11.5 Å². The van der Waals surface area contributed by atoms with Crippen LogP contribution in [0.3, 0.4) is 0 Å². The molecule has 5 heteroatoms. The van der Waals surface area contributed by atoms with Crippen molar-refractivity contribution < 1.29 is 4.79 Å². The predicted octanol–water partition coefficient (Wildman–Crippen LogP) is 3.02. The lowest BCUT2D eigenvalue weighted by molar-refractivity contribution is 0.0919. The van der Waals surface area contributed by atoms with Gasteiger partial charge in [0, 0.05) is 6.20 Å². The Morgan fingerprint density at radius 3 is 2.67 bits per heavy atom. The minimum atomic E-state index is -0.159. The van der Waals surface area contributed by atoms with Gasteiger partial charge in [-0.15, -0.1) is 0 Å². The van der Waals surface area contributed by atoms with E-state index in [1.807, 2.05) is 24.3 Å². The summed E-state index contributed by atoms with van der Waals surface area (Å²) in [5.41, 5.74) is 2.44. The van der Waals surface area contributed by atoms with Gasteiger partial charge in [-0.3, -0.25) is 4.79 Å². The summed E-state index contributed by atoms with van der Waals surface area (Å²) in [5.74, 6) is 0.884. The average molecular weight is 282 g/mol. The van der Waals surface area contributed by atoms with Crippen LogP contribution in [0.1, 0.15) is 36.2 Å². The van der Waals surface area contributed by atoms with Gasteiger partial charge in [0.05, 0.1) is 17.1 Å². The van der Waals surface area contributed by atoms with Crippen LogP contribution < -0.4 is 5.32 Å². The van der Waals surface area contributed by atoms with E-state index in [-0.39, 0.29) is 17.9 Å². The maximum atomic E-state index is 12.2. The van der Waals surface area contributed by atoms with Crippen LogP contribution in [0.2, 0.25) is 0 Å². The molecule has 21 heavy (non-hydrogen) atoms. The maximum absolute atomic E-state index is 12.2. The normalized spacial score (nSPS) is 12.7. The van der Waals surface area contributed by atoms with Crippen molar-refractivity contribution >= 4 is 16.9 Å². The number of aromatic amines is 2. The fourth-order valence-electron chi connectivity index (χ4n) is 2.36. The molecule has 0 aliphatic carbocycles. The van der Waals surface area contributed by atoms with Crippen molar-refractivity contribution in [2.75, 3.05) is 0 Å². The lowest BCUT2D eigenvalue weighted by atomic mass is 10.0. The zero-order chi connectivity index (χ0) is 14.8. The number of amides is 1. The molecule has 0 saturated heterocycles. The molecule has 0 aliphatic rings. The molecular formula is C16H18N4O. The molecule has 3 aromatic rings. The molecule has 0 bridgehead atoms. The Morgan fingerprint density at radius 2 is 2.00 bits per heavy atom. The van der Waals surface area contributed by atoms with Crippen molar-refractivity contribution in [1.29, 1.82) is 0 Å². The van der Waals surface area contributed by atoms with Gasteiger partial charge in [0.15, 0.2) is 0 Å². The van der Waals surface area contributed by atoms with E-state index in [0.29, 0.717) is 5.69 Å². The Morgan fingerprint density at radius 1 is 1.19 bits per heavy atom. The largest absolute Gasteiger partial charge is 0.357 e. The summed E-state index contributed by atoms with van der Waals surface area (Å²) in [7, 11) is 0. The van der Waals surface area contributed by atoms with E-state index in [0.717, 1.165) is 16.9 Å². The third kappa shape index (κ3) is 2.67. The van der Waals surface area contributed by atoms with Crippen LogP contribution in [0.4, 0.5) is 0 Å². The van der Waals surface area contributed by atoms with Crippen molar-refractivity contribution in [1.82, 2.24) is 20.3 Å². The van der Waals surface area contributed by atoms with E-state index in [1.54, 1.807) is 18.3 Å². The zero-order valence-electron chi connectivity index (χ0n) is 12.1. The molecule has 0 aliphatic heterocycles. The summed E-state index contributed by atoms with van der Waals surface area (Å²) in [5, 5.41) is 3.03. The summed E-state index contributed by atoms with van der Waals surface area (Å²) >= 11 is 0. The van der Waals surface area contributed by atoms with E-state index in [4.69, 9.17) is 0 Å². The number of hydrogen-bond acceptors (Lipinski definition) is 2. The molecule has 1 unspecified atom stereocenters. The number of nitrogens with zero attached hydrogens (tertiary/aromatic N) is 1. The molecule has 0 spiro atoms. The number of fused-ring (bicyclic) bond motifs is 1. The quantitative estimate of drug-likeness (QED) is 0.688. The molecule has 5 nitrogen and oxygen atoms in total. The third-order valence-corrected chi connectivity index (χ3v) is 3.50. The van der Waals surface area contributed by atoms with Gasteiger partial charge < -0.3 is 15.3 Å². The highest BCUT2D eigenvalue weighted by Crippen LogP contribution is 2.22. The van der Waals surface area contributed by atoms with E-state index < -0.39 is 0 Å². The van der Waals surface area contributed by atoms with E-state index >= 15 is 0 Å². The smallest absolute Gasteiger partial charge is 0.268 e. The first-order chi connectivity index (χ1) is 10.1. The summed E-state index contributed by atoms with van der Waals surface area (Å²) in [6.45, 7) is 4.12. The molecule has 108 valence electrons. The molecule has 0 saturated carbocycles. The van der Waals surface area contributed by atoms with Crippen LogP contribution in [-0.4, -0.2) is 20.9 Å². The van der Waals surface area contributed by atoms with E-state index in [9.17, 15) is 4.79 Å². The highest BCUT2D eigenvalue weighted by molar-refractivity contribution is 5.92. The maximum Gasteiger partial charge on any atom is 0.268 e. The van der Waals surface area contributed by atoms with Crippen LogP contribution in [0.25, 0.3) is 11.0 Å². The molecule has 3 N–H and O–H groups in total. The van der Waals surface area contributed by atoms with Gasteiger partial charge in [-0.05, 0) is 30.2 Å². The second-order valence-electron chi connectivity index (χ2n) is 5.42. The molecule has 2 aromatic heterocycles. The standard InChI is InChI=1S/C16H18N4O/c1-10(2)14(20-16(21)13-8-5-9-17-13)15-18-11-6-3-4-7-12(11)19-15/h3-10,14,17H,1-2H3,(H,18,19)(H,20,21). The molecular weight excluding hydrogens is 264 g/mol. The first kappa shape index (κ1) is 13.4. The molecule has 1 amide bonds. The Hall–Kier alpha value is -2.56. The topological polar surface area (TPSA) is 73.6 Å². The fourth-order valence-corrected chi connectivity index (χ4v) is 2.36. The van der Waals surface area contributed by atoms with Crippen LogP contribution >= 0.6 is 0 Å². The number of aromatic nitrogens is 3. The molecule has 3 rings (SSSR count). The van der Waals surface area contributed by atoms with Gasteiger partial charge in [-0.1, -0.05) is 26.0 Å². The highest BCUT2D eigenvalue weighted by atomic mass is 16.1. The Bertz CT molecular complexity index is 710. The summed E-state index contributed by atoms with van der Waals surface area (Å²) in [4.78, 5) is 23.0. The lowest BCUT2D eigenvalue weighted by Crippen LogP contribution is -2.32. The molecule has 1 aromatic carbocycles. The first-order valence-corrected chi connectivity index (χ1v) is 7.04. The van der Waals surface area contributed by atoms with Gasteiger partial charge in [-0.2, -0.15) is 0 Å². The zero-order valence-corrected chi connectivity index (χ0v) is 12.1. The molecule has 0 fully saturated rings. The van der Waals surface area contributed by atoms with Crippen molar-refractivity contribution in [2.45, 2.75) is 19.9 Å². The van der Waals surface area contributed by atoms with Crippen LogP contribution in [0.5, 0.6) is 0 Å². The molecule has 1 atom stereocenters. The van der Waals surface area contributed by atoms with Crippen LogP contribution in [-0.2, 0) is 0 Å². The average Bonchev–Trinajstić information content (AvgIpc) is 3.12. The summed E-state index contributed by atoms with van der Waals surface area (Å²) in [6, 6.07) is 11.3. The van der Waals surface area contributed by atoms with Crippen LogP contribution in [0, 0.1) is 5.92 Å². The molecule has 0 radical (unpaired) electrons. The number of rotatable bonds is 4. The minimum Gasteiger partial charge on any atom is -0.357 e. The van der Waals surface area contributed by atoms with Crippen molar-refractivity contribution in [2.24, 2.45) is 5.92 Å². The third-order valence-electron chi connectivity index (χ3n) is 3.50. The number of carbonyl (C=O) groups excluding carboxylic acids is 1. The van der Waals surface area contributed by atoms with Crippen LogP contribution in [0.15, 0.2) is 42.6 Å². The van der Waals surface area contributed by atoms with Crippen molar-refractivity contribution in [3.8, 4) is 0 Å². The number of carbonyl (C=O) groups is 1. The van der Waals surface area contributed by atoms with Crippen molar-refractivity contribution in [3.05, 3.63) is 54.1 Å². The van der Waals surface area contributed by atoms with E-state index in [1.165, 1.54) is 0 Å². The fraction of sp³-hybridized carbons (Fsp3) is 0.250. The highest BCUT2D eigenvalue weighted by Gasteiger charge is 2.22. The van der Waals surface area contributed by atoms with Gasteiger partial charge in [0.2, 0.25) is 0 Å². The lowest BCUT2D eigenvalue weighted by Gasteiger charge is -2.20. The predicted molar refractivity (Wildman–Crippen MR) is 81.9 cm³/mol. The Kier molecular flexibility index (Phi) is 3.48. The van der Waals surface area contributed by atoms with Gasteiger partial charge >= 0.3 is 0 Å². The number of benzene rings is 1. The Labute approximate surface area is 122 Å². The number of nitrogens with one attached hydrogen (secondary N) is 3. The second kappa shape index (κ2) is 5.44. The number of H-pyrrole nitrogens is 2.